The molecule has 0 atom stereocenters. The Hall–Kier alpha value is -0.980. The first-order chi connectivity index (χ1) is 9.56. The summed E-state index contributed by atoms with van der Waals surface area (Å²) in [6.45, 7) is 1.74. The van der Waals surface area contributed by atoms with E-state index in [0.717, 1.165) is 12.8 Å². The lowest BCUT2D eigenvalue weighted by Gasteiger charge is -2.35. The molecule has 1 heterocycles. The van der Waals surface area contributed by atoms with Gasteiger partial charge in [0.2, 0.25) is 0 Å². The molecule has 1 aromatic carbocycles. The summed E-state index contributed by atoms with van der Waals surface area (Å²) in [5.41, 5.74) is -0.201. The van der Waals surface area contributed by atoms with Gasteiger partial charge in [-0.15, -0.1) is 0 Å². The van der Waals surface area contributed by atoms with E-state index in [1.165, 1.54) is 12.1 Å². The molecular weight excluding hydrogens is 302 g/mol. The molecule has 0 spiro atoms. The molecule has 0 aromatic heterocycles. The quantitative estimate of drug-likeness (QED) is 0.514. The monoisotopic (exact) mass is 317 g/mol. The van der Waals surface area contributed by atoms with Gasteiger partial charge < -0.3 is 9.47 Å². The molecule has 1 fully saturated rings. The molecule has 0 N–H and O–H groups in total. The fourth-order valence-electron chi connectivity index (χ4n) is 2.14. The van der Waals surface area contributed by atoms with Crippen molar-refractivity contribution >= 4 is 29.9 Å². The second-order valence-electron chi connectivity index (χ2n) is 4.93. The molecule has 110 valence electrons. The Kier molecular flexibility index (Phi) is 5.12. The van der Waals surface area contributed by atoms with E-state index in [-0.39, 0.29) is 16.9 Å². The Balaban J connectivity index is 2.11. The predicted octanol–water partition coefficient (Wildman–Crippen LogP) is 3.35. The maximum atomic E-state index is 11.0. The van der Waals surface area contributed by atoms with Crippen molar-refractivity contribution < 1.29 is 14.4 Å². The van der Waals surface area contributed by atoms with Gasteiger partial charge in [0.1, 0.15) is 0 Å². The third-order valence-electron chi connectivity index (χ3n) is 3.54. The summed E-state index contributed by atoms with van der Waals surface area (Å²) in [6, 6.07) is 4.42. The molecule has 0 radical (unpaired) electrons. The second-order valence-corrected chi connectivity index (χ2v) is 5.68. The van der Waals surface area contributed by atoms with Crippen molar-refractivity contribution in [2.75, 3.05) is 25.6 Å². The normalized spacial score (nSPS) is 17.7. The Morgan fingerprint density at radius 1 is 1.45 bits per heavy atom. The van der Waals surface area contributed by atoms with Crippen molar-refractivity contribution in [2.24, 2.45) is 5.41 Å². The van der Waals surface area contributed by atoms with Crippen LogP contribution in [0.15, 0.2) is 18.2 Å². The van der Waals surface area contributed by atoms with Crippen LogP contribution in [-0.4, -0.2) is 30.5 Å². The van der Waals surface area contributed by atoms with Crippen LogP contribution in [0, 0.1) is 15.5 Å². The average Bonchev–Trinajstić information content (AvgIpc) is 2.47. The number of halogens is 1. The first-order valence-corrected chi connectivity index (χ1v) is 7.33. The van der Waals surface area contributed by atoms with Crippen LogP contribution in [0.5, 0.6) is 5.75 Å². The molecular formula is C13H16ClNO4S. The van der Waals surface area contributed by atoms with E-state index < -0.39 is 4.92 Å². The van der Waals surface area contributed by atoms with Crippen molar-refractivity contribution in [1.29, 1.82) is 0 Å². The van der Waals surface area contributed by atoms with Crippen molar-refractivity contribution in [3.8, 4) is 5.75 Å². The SMILES string of the molecule is O=[N+]([O-])c1cc(Cl)ccc1OCC1(CS)CCOCC1. The highest BCUT2D eigenvalue weighted by molar-refractivity contribution is 7.80. The van der Waals surface area contributed by atoms with Gasteiger partial charge in [-0.05, 0) is 30.7 Å². The van der Waals surface area contributed by atoms with Crippen LogP contribution in [0.2, 0.25) is 5.02 Å². The first kappa shape index (κ1) is 15.4. The van der Waals surface area contributed by atoms with Crippen molar-refractivity contribution in [3.05, 3.63) is 33.3 Å². The molecule has 0 saturated carbocycles. The minimum Gasteiger partial charge on any atom is -0.486 e. The summed E-state index contributed by atoms with van der Waals surface area (Å²) in [7, 11) is 0. The number of nitrogens with zero attached hydrogens (tertiary/aromatic N) is 1. The number of benzene rings is 1. The highest BCUT2D eigenvalue weighted by atomic mass is 35.5. The zero-order valence-electron chi connectivity index (χ0n) is 10.9. The lowest BCUT2D eigenvalue weighted by atomic mass is 9.83. The summed E-state index contributed by atoms with van der Waals surface area (Å²) < 4.78 is 11.0. The lowest BCUT2D eigenvalue weighted by molar-refractivity contribution is -0.386. The van der Waals surface area contributed by atoms with Crippen LogP contribution in [0.4, 0.5) is 5.69 Å². The molecule has 0 amide bonds. The highest BCUT2D eigenvalue weighted by Crippen LogP contribution is 2.35. The molecule has 0 aliphatic carbocycles. The molecule has 2 rings (SSSR count). The van der Waals surface area contributed by atoms with Crippen molar-refractivity contribution in [2.45, 2.75) is 12.8 Å². The number of hydrogen-bond acceptors (Lipinski definition) is 5. The molecule has 1 aliphatic heterocycles. The molecule has 1 aliphatic rings. The summed E-state index contributed by atoms with van der Waals surface area (Å²) in [6.07, 6.45) is 1.69. The molecule has 1 aromatic rings. The molecule has 0 unspecified atom stereocenters. The van der Waals surface area contributed by atoms with E-state index in [0.29, 0.717) is 30.6 Å². The first-order valence-electron chi connectivity index (χ1n) is 6.32. The van der Waals surface area contributed by atoms with Gasteiger partial charge in [0, 0.05) is 29.7 Å². The smallest absolute Gasteiger partial charge is 0.312 e. The van der Waals surface area contributed by atoms with Crippen LogP contribution in [0.1, 0.15) is 12.8 Å². The molecule has 1 saturated heterocycles. The minimum absolute atomic E-state index is 0.0884. The largest absolute Gasteiger partial charge is 0.486 e. The minimum atomic E-state index is -0.488. The van der Waals surface area contributed by atoms with E-state index in [9.17, 15) is 10.1 Å². The Morgan fingerprint density at radius 2 is 2.15 bits per heavy atom. The number of thiol groups is 1. The standard InChI is InChI=1S/C13H16ClNO4S/c14-10-1-2-12(11(7-10)15(16)17)19-8-13(9-20)3-5-18-6-4-13/h1-2,7,20H,3-6,8-9H2. The topological polar surface area (TPSA) is 61.6 Å². The molecule has 20 heavy (non-hydrogen) atoms. The second kappa shape index (κ2) is 6.65. The summed E-state index contributed by atoms with van der Waals surface area (Å²) >= 11 is 10.2. The number of nitro benzene ring substituents is 1. The van der Waals surface area contributed by atoms with Gasteiger partial charge in [-0.2, -0.15) is 12.6 Å². The zero-order valence-corrected chi connectivity index (χ0v) is 12.5. The van der Waals surface area contributed by atoms with Crippen LogP contribution < -0.4 is 4.74 Å². The van der Waals surface area contributed by atoms with Gasteiger partial charge in [0.25, 0.3) is 0 Å². The molecule has 5 nitrogen and oxygen atoms in total. The third kappa shape index (κ3) is 3.56. The Morgan fingerprint density at radius 3 is 2.75 bits per heavy atom. The van der Waals surface area contributed by atoms with Crippen LogP contribution in [-0.2, 0) is 4.74 Å². The van der Waals surface area contributed by atoms with E-state index in [1.807, 2.05) is 0 Å². The number of rotatable bonds is 5. The van der Waals surface area contributed by atoms with Gasteiger partial charge in [0.15, 0.2) is 5.75 Å². The van der Waals surface area contributed by atoms with E-state index in [2.05, 4.69) is 12.6 Å². The predicted molar refractivity (Wildman–Crippen MR) is 79.9 cm³/mol. The fraction of sp³-hybridized carbons (Fsp3) is 0.538. The summed E-state index contributed by atoms with van der Waals surface area (Å²) in [4.78, 5) is 10.5. The van der Waals surface area contributed by atoms with E-state index in [1.54, 1.807) is 6.07 Å². The number of hydrogen-bond donors (Lipinski definition) is 1. The van der Waals surface area contributed by atoms with Crippen LogP contribution >= 0.6 is 24.2 Å². The summed E-state index contributed by atoms with van der Waals surface area (Å²) in [5, 5.41) is 11.3. The zero-order chi connectivity index (χ0) is 14.6. The lowest BCUT2D eigenvalue weighted by Crippen LogP contribution is -2.37. The van der Waals surface area contributed by atoms with Gasteiger partial charge in [-0.25, -0.2) is 0 Å². The van der Waals surface area contributed by atoms with Gasteiger partial charge >= 0.3 is 5.69 Å². The van der Waals surface area contributed by atoms with Gasteiger partial charge in [0.05, 0.1) is 11.5 Å². The average molecular weight is 318 g/mol. The Labute approximate surface area is 127 Å². The maximum Gasteiger partial charge on any atom is 0.312 e. The molecule has 7 heteroatoms. The van der Waals surface area contributed by atoms with E-state index >= 15 is 0 Å². The summed E-state index contributed by atoms with van der Waals surface area (Å²) in [5.74, 6) is 0.907. The number of nitro groups is 1. The highest BCUT2D eigenvalue weighted by Gasteiger charge is 2.33. The van der Waals surface area contributed by atoms with Crippen LogP contribution in [0.25, 0.3) is 0 Å². The van der Waals surface area contributed by atoms with Crippen LogP contribution in [0.3, 0.4) is 0 Å². The van der Waals surface area contributed by atoms with Crippen molar-refractivity contribution in [1.82, 2.24) is 0 Å². The maximum absolute atomic E-state index is 11.0. The van der Waals surface area contributed by atoms with Gasteiger partial charge in [-0.3, -0.25) is 10.1 Å². The Bertz CT molecular complexity index is 491. The number of ether oxygens (including phenoxy) is 2. The van der Waals surface area contributed by atoms with Gasteiger partial charge in [-0.1, -0.05) is 11.6 Å². The van der Waals surface area contributed by atoms with E-state index in [4.69, 9.17) is 21.1 Å². The molecule has 0 bridgehead atoms. The van der Waals surface area contributed by atoms with Crippen molar-refractivity contribution in [3.63, 3.8) is 0 Å². The fourth-order valence-corrected chi connectivity index (χ4v) is 2.71. The third-order valence-corrected chi connectivity index (χ3v) is 4.45.